The molecule has 0 aliphatic heterocycles. The summed E-state index contributed by atoms with van der Waals surface area (Å²) >= 11 is 0. The molecule has 4 fully saturated rings. The van der Waals surface area contributed by atoms with Gasteiger partial charge in [-0.15, -0.1) is 0 Å². The first-order chi connectivity index (χ1) is 16.0. The predicted molar refractivity (Wildman–Crippen MR) is 141 cm³/mol. The number of hydrogen-bond donors (Lipinski definition) is 2. The van der Waals surface area contributed by atoms with E-state index < -0.39 is 0 Å². The average Bonchev–Trinajstić information content (AvgIpc) is 2.73. The van der Waals surface area contributed by atoms with Gasteiger partial charge < -0.3 is 11.5 Å². The van der Waals surface area contributed by atoms with E-state index >= 15 is 0 Å². The molecule has 1 unspecified atom stereocenters. The van der Waals surface area contributed by atoms with Gasteiger partial charge in [-0.25, -0.2) is 0 Å². The lowest BCUT2D eigenvalue weighted by Crippen LogP contribution is -2.67. The van der Waals surface area contributed by atoms with Crippen LogP contribution in [0.4, 0.5) is 0 Å². The van der Waals surface area contributed by atoms with Gasteiger partial charge in [0.1, 0.15) is 0 Å². The van der Waals surface area contributed by atoms with Crippen molar-refractivity contribution in [1.29, 1.82) is 0 Å². The minimum absolute atomic E-state index is 0.00227. The normalized spacial score (nSPS) is 52.9. The number of hydrogen-bond acceptors (Lipinski definition) is 3. The fourth-order valence-electron chi connectivity index (χ4n) is 10.9. The summed E-state index contributed by atoms with van der Waals surface area (Å²) < 4.78 is 0. The zero-order valence-electron chi connectivity index (χ0n) is 23.4. The summed E-state index contributed by atoms with van der Waals surface area (Å²) in [6.45, 7) is 16.8. The van der Waals surface area contributed by atoms with Gasteiger partial charge in [-0.1, -0.05) is 54.0 Å². The first-order valence-corrected chi connectivity index (χ1v) is 14.3. The largest absolute Gasteiger partial charge is 0.370 e. The van der Waals surface area contributed by atoms with E-state index in [0.717, 1.165) is 38.5 Å². The molecule has 9 atom stereocenters. The Morgan fingerprint density at radius 3 is 2.26 bits per heavy atom. The Bertz CT molecular complexity index is 984. The second-order valence-corrected chi connectivity index (χ2v) is 15.6. The van der Waals surface area contributed by atoms with Crippen LogP contribution < -0.4 is 11.5 Å². The number of rotatable bonds is 2. The molecule has 0 heterocycles. The molecule has 35 heavy (non-hydrogen) atoms. The number of nitrogens with two attached hydrogens (primary N) is 2. The lowest BCUT2D eigenvalue weighted by atomic mass is 9.33. The quantitative estimate of drug-likeness (QED) is 0.493. The van der Waals surface area contributed by atoms with Crippen molar-refractivity contribution in [1.82, 2.24) is 0 Å². The van der Waals surface area contributed by atoms with Gasteiger partial charge in [0.05, 0.1) is 0 Å². The molecule has 4 N–H and O–H groups in total. The molecule has 4 heteroatoms. The lowest BCUT2D eigenvalue weighted by molar-refractivity contribution is -0.187. The Balaban J connectivity index is 1.59. The third kappa shape index (κ3) is 3.26. The summed E-state index contributed by atoms with van der Waals surface area (Å²) in [6.07, 6.45) is 12.5. The topological polar surface area (TPSA) is 86.2 Å². The van der Waals surface area contributed by atoms with Crippen molar-refractivity contribution >= 4 is 11.7 Å². The Kier molecular flexibility index (Phi) is 5.43. The van der Waals surface area contributed by atoms with Crippen molar-refractivity contribution in [3.8, 4) is 0 Å². The third-order valence-electron chi connectivity index (χ3n) is 13.4. The van der Waals surface area contributed by atoms with Crippen molar-refractivity contribution in [3.05, 3.63) is 11.6 Å². The predicted octanol–water partition coefficient (Wildman–Crippen LogP) is 6.17. The summed E-state index contributed by atoms with van der Waals surface area (Å²) in [4.78, 5) is 26.3. The first kappa shape index (κ1) is 25.5. The molecule has 1 amide bonds. The summed E-state index contributed by atoms with van der Waals surface area (Å²) in [5.41, 5.74) is 14.0. The Morgan fingerprint density at radius 1 is 0.943 bits per heavy atom. The van der Waals surface area contributed by atoms with Crippen LogP contribution in [0.1, 0.15) is 113 Å². The molecular formula is C31H50N2O2. The minimum Gasteiger partial charge on any atom is -0.370 e. The van der Waals surface area contributed by atoms with Gasteiger partial charge in [0.2, 0.25) is 5.91 Å². The van der Waals surface area contributed by atoms with Crippen molar-refractivity contribution in [3.63, 3.8) is 0 Å². The van der Waals surface area contributed by atoms with E-state index in [0.29, 0.717) is 24.0 Å². The van der Waals surface area contributed by atoms with Gasteiger partial charge in [-0.2, -0.15) is 0 Å². The highest BCUT2D eigenvalue weighted by Gasteiger charge is 2.69. The number of ketones is 1. The molecule has 0 aromatic rings. The first-order valence-electron chi connectivity index (χ1n) is 14.3. The summed E-state index contributed by atoms with van der Waals surface area (Å²) in [6, 6.07) is 0.214. The molecule has 0 radical (unpaired) electrons. The fourth-order valence-corrected chi connectivity index (χ4v) is 10.9. The molecule has 4 saturated carbocycles. The average molecular weight is 483 g/mol. The van der Waals surface area contributed by atoms with E-state index in [9.17, 15) is 9.59 Å². The summed E-state index contributed by atoms with van der Waals surface area (Å²) in [7, 11) is 0. The monoisotopic (exact) mass is 482 g/mol. The van der Waals surface area contributed by atoms with Crippen LogP contribution in [0.5, 0.6) is 0 Å². The number of amides is 1. The molecule has 0 bridgehead atoms. The van der Waals surface area contributed by atoms with Gasteiger partial charge in [-0.3, -0.25) is 9.59 Å². The highest BCUT2D eigenvalue weighted by atomic mass is 16.1. The van der Waals surface area contributed by atoms with E-state index in [1.165, 1.54) is 24.8 Å². The molecule has 0 saturated heterocycles. The Hall–Kier alpha value is -1.16. The molecule has 5 rings (SSSR count). The maximum atomic E-state index is 14.3. The molecule has 5 aliphatic rings. The van der Waals surface area contributed by atoms with Gasteiger partial charge >= 0.3 is 0 Å². The smallest absolute Gasteiger partial charge is 0.217 e. The Labute approximate surface area is 213 Å². The minimum atomic E-state index is -0.195. The van der Waals surface area contributed by atoms with Crippen molar-refractivity contribution in [2.24, 2.45) is 61.7 Å². The zero-order chi connectivity index (χ0) is 25.8. The van der Waals surface area contributed by atoms with Gasteiger partial charge in [0.25, 0.3) is 0 Å². The molecular weight excluding hydrogens is 432 g/mol. The number of fused-ring (bicyclic) bond motifs is 7. The zero-order valence-corrected chi connectivity index (χ0v) is 23.4. The SMILES string of the molecule is CC1(C)C(N)CC[C@]2(C)[C@H]3C(=O)C=C4[C@@H]5C[C@@](C)(CC(N)=O)CC[C@@]5(C)CC[C@@]4(C)[C@]3(C)CC[C@@H]12. The van der Waals surface area contributed by atoms with Gasteiger partial charge in [0, 0.05) is 18.4 Å². The maximum absolute atomic E-state index is 14.3. The molecule has 196 valence electrons. The fraction of sp³-hybridized carbons (Fsp3) is 0.871. The molecule has 0 aromatic carbocycles. The van der Waals surface area contributed by atoms with Crippen molar-refractivity contribution in [2.45, 2.75) is 119 Å². The van der Waals surface area contributed by atoms with Crippen LogP contribution in [0, 0.1) is 50.2 Å². The van der Waals surface area contributed by atoms with E-state index in [1.54, 1.807) is 0 Å². The van der Waals surface area contributed by atoms with Crippen LogP contribution in [0.25, 0.3) is 0 Å². The van der Waals surface area contributed by atoms with Crippen LogP contribution in [0.15, 0.2) is 11.6 Å². The van der Waals surface area contributed by atoms with E-state index in [4.69, 9.17) is 11.5 Å². The maximum Gasteiger partial charge on any atom is 0.217 e. The van der Waals surface area contributed by atoms with Gasteiger partial charge in [-0.05, 0) is 108 Å². The second kappa shape index (κ2) is 7.45. The highest BCUT2D eigenvalue weighted by Crippen LogP contribution is 2.75. The second-order valence-electron chi connectivity index (χ2n) is 15.6. The summed E-state index contributed by atoms with van der Waals surface area (Å²) in [5, 5.41) is 0. The van der Waals surface area contributed by atoms with E-state index in [2.05, 4.69) is 54.5 Å². The van der Waals surface area contributed by atoms with Crippen LogP contribution in [0.3, 0.4) is 0 Å². The summed E-state index contributed by atoms with van der Waals surface area (Å²) in [5.74, 6) is 1.11. The van der Waals surface area contributed by atoms with Crippen molar-refractivity contribution in [2.75, 3.05) is 0 Å². The molecule has 0 aromatic heterocycles. The van der Waals surface area contributed by atoms with E-state index in [-0.39, 0.29) is 50.4 Å². The van der Waals surface area contributed by atoms with Crippen LogP contribution in [0.2, 0.25) is 0 Å². The van der Waals surface area contributed by atoms with Crippen molar-refractivity contribution < 1.29 is 9.59 Å². The third-order valence-corrected chi connectivity index (χ3v) is 13.4. The molecule has 0 spiro atoms. The Morgan fingerprint density at radius 2 is 1.60 bits per heavy atom. The van der Waals surface area contributed by atoms with Crippen LogP contribution in [-0.2, 0) is 9.59 Å². The van der Waals surface area contributed by atoms with E-state index in [1.807, 2.05) is 0 Å². The molecule has 5 aliphatic carbocycles. The lowest BCUT2D eigenvalue weighted by Gasteiger charge is -2.70. The number of carbonyl (C=O) groups is 2. The number of carbonyl (C=O) groups excluding carboxylic acids is 2. The molecule has 4 nitrogen and oxygen atoms in total. The van der Waals surface area contributed by atoms with Crippen LogP contribution in [-0.4, -0.2) is 17.7 Å². The number of primary amides is 1. The van der Waals surface area contributed by atoms with Gasteiger partial charge in [0.15, 0.2) is 5.78 Å². The highest BCUT2D eigenvalue weighted by molar-refractivity contribution is 5.95. The van der Waals surface area contributed by atoms with Crippen LogP contribution >= 0.6 is 0 Å². The number of allylic oxidation sites excluding steroid dienone is 2. The standard InChI is InChI=1S/C31H50N2O2/c1-26(2)22-8-11-31(7)25(29(22,5)10-9-23(26)32)21(34)16-19-20-17-27(3,18-24(33)35)12-13-28(20,4)14-15-30(19,31)6/h16,20,22-23,25H,8-15,17-18,32H2,1-7H3,(H2,33,35)/t20-,22-,23?,25+,27-,28-,29-,30+,31+/m0/s1.